The van der Waals surface area contributed by atoms with Crippen LogP contribution < -0.4 is 4.74 Å². The maximum atomic E-state index is 13.8. The number of hydrogen-bond donors (Lipinski definition) is 4. The molecule has 6 rings (SSSR count). The minimum absolute atomic E-state index is 0.00811. The van der Waals surface area contributed by atoms with E-state index in [-0.39, 0.29) is 40.8 Å². The number of carbonyl (C=O) groups is 3. The molecule has 4 aliphatic rings. The normalized spacial score (nSPS) is 29.7. The van der Waals surface area contributed by atoms with Crippen LogP contribution in [0.4, 0.5) is 0 Å². The number of hydrogen-bond acceptors (Lipinski definition) is 11. The number of likely N-dealkylation sites (tertiary alicyclic amines) is 1. The third kappa shape index (κ3) is 5.29. The first kappa shape index (κ1) is 31.2. The van der Waals surface area contributed by atoms with Crippen LogP contribution in [-0.2, 0) is 20.7 Å². The number of aliphatic imine (C=N–C) groups is 1. The van der Waals surface area contributed by atoms with E-state index in [1.54, 1.807) is 13.3 Å². The summed E-state index contributed by atoms with van der Waals surface area (Å²) in [5.74, 6) is -3.12. The average Bonchev–Trinajstić information content (AvgIpc) is 3.02. The van der Waals surface area contributed by atoms with Gasteiger partial charge in [-0.05, 0) is 39.2 Å². The summed E-state index contributed by atoms with van der Waals surface area (Å²) in [4.78, 5) is 46.9. The molecule has 12 heteroatoms. The number of phenolic OH excluding ortho intramolecular Hbond substituents is 2. The third-order valence-corrected chi connectivity index (χ3v) is 9.53. The molecular weight excluding hydrogens is 584 g/mol. The Labute approximate surface area is 260 Å². The topological polar surface area (TPSA) is 175 Å². The van der Waals surface area contributed by atoms with Crippen molar-refractivity contribution in [1.29, 1.82) is 0 Å². The molecule has 2 aromatic carbocycles. The van der Waals surface area contributed by atoms with Gasteiger partial charge >= 0.3 is 0 Å². The number of phenols is 2. The summed E-state index contributed by atoms with van der Waals surface area (Å²) >= 11 is 0. The number of aliphatic hydroxyl groups excluding tert-OH is 1. The van der Waals surface area contributed by atoms with Crippen LogP contribution in [0, 0.1) is 0 Å². The summed E-state index contributed by atoms with van der Waals surface area (Å²) in [6.07, 6.45) is 0.609. The van der Waals surface area contributed by atoms with E-state index in [9.17, 15) is 34.8 Å². The molecule has 240 valence electrons. The van der Waals surface area contributed by atoms with Crippen LogP contribution in [0.15, 0.2) is 23.2 Å². The lowest BCUT2D eigenvalue weighted by Crippen LogP contribution is -2.49. The number of ketones is 3. The fourth-order valence-electron chi connectivity index (χ4n) is 6.96. The Kier molecular flexibility index (Phi) is 8.19. The number of piperidine rings is 1. The number of nitrogens with zero attached hydrogens (tertiary/aromatic N) is 2. The van der Waals surface area contributed by atoms with Crippen molar-refractivity contribution in [2.24, 2.45) is 4.99 Å². The molecule has 6 atom stereocenters. The fourth-order valence-corrected chi connectivity index (χ4v) is 6.96. The van der Waals surface area contributed by atoms with E-state index in [4.69, 9.17) is 14.2 Å². The Hall–Kier alpha value is -3.84. The largest absolute Gasteiger partial charge is 0.507 e. The van der Waals surface area contributed by atoms with Gasteiger partial charge in [0.1, 0.15) is 29.0 Å². The van der Waals surface area contributed by atoms with Crippen molar-refractivity contribution >= 4 is 23.7 Å². The first-order valence-corrected chi connectivity index (χ1v) is 15.3. The molecular formula is C33H38N2O10. The van der Waals surface area contributed by atoms with Gasteiger partial charge in [-0.1, -0.05) is 12.1 Å². The van der Waals surface area contributed by atoms with E-state index in [1.807, 2.05) is 0 Å². The van der Waals surface area contributed by atoms with Gasteiger partial charge in [-0.2, -0.15) is 0 Å². The minimum Gasteiger partial charge on any atom is -0.507 e. The van der Waals surface area contributed by atoms with Gasteiger partial charge in [0, 0.05) is 49.0 Å². The van der Waals surface area contributed by atoms with E-state index in [1.165, 1.54) is 32.2 Å². The Bertz CT molecular complexity index is 1580. The van der Waals surface area contributed by atoms with Gasteiger partial charge in [0.15, 0.2) is 17.9 Å². The van der Waals surface area contributed by atoms with Crippen LogP contribution in [0.2, 0.25) is 0 Å². The standard InChI is InChI=1S/C33H38N2O10/c1-16-28(37)20(34-15-35-10-5-4-6-11-35)12-23(44-16)45-22-14-33(42,17(2)36)13-19-25(22)32(41)27-26(30(19)39)29(38)18-8-7-9-21(43-3)24(18)31(27)40/h7-9,15-16,20,22-23,28,37,39,41-42H,4-6,10-14H2,1-3H3/t16?,20?,22-,23?,28?,33?/m0/s1. The lowest BCUT2D eigenvalue weighted by atomic mass is 9.72. The second kappa shape index (κ2) is 11.8. The molecule has 4 N–H and O–H groups in total. The van der Waals surface area contributed by atoms with Crippen LogP contribution in [0.3, 0.4) is 0 Å². The molecule has 0 amide bonds. The number of rotatable bonds is 6. The lowest BCUT2D eigenvalue weighted by molar-refractivity contribution is -0.246. The van der Waals surface area contributed by atoms with Crippen LogP contribution in [-0.4, -0.2) is 99.4 Å². The molecule has 0 spiro atoms. The highest BCUT2D eigenvalue weighted by molar-refractivity contribution is 6.31. The van der Waals surface area contributed by atoms with Gasteiger partial charge in [0.2, 0.25) is 5.78 Å². The monoisotopic (exact) mass is 622 g/mol. The van der Waals surface area contributed by atoms with Gasteiger partial charge in [0.05, 0.1) is 48.4 Å². The smallest absolute Gasteiger partial charge is 0.202 e. The van der Waals surface area contributed by atoms with Gasteiger partial charge < -0.3 is 39.5 Å². The van der Waals surface area contributed by atoms with Crippen LogP contribution >= 0.6 is 0 Å². The Balaban J connectivity index is 1.40. The Morgan fingerprint density at radius 2 is 1.80 bits per heavy atom. The molecule has 2 fully saturated rings. The maximum absolute atomic E-state index is 13.8. The summed E-state index contributed by atoms with van der Waals surface area (Å²) in [5, 5.41) is 45.5. The predicted octanol–water partition coefficient (Wildman–Crippen LogP) is 2.58. The van der Waals surface area contributed by atoms with Crippen LogP contribution in [0.25, 0.3) is 0 Å². The number of fused-ring (bicyclic) bond motifs is 3. The molecule has 0 saturated carbocycles. The van der Waals surface area contributed by atoms with Crippen molar-refractivity contribution in [1.82, 2.24) is 4.90 Å². The van der Waals surface area contributed by atoms with Gasteiger partial charge in [-0.25, -0.2) is 0 Å². The zero-order valence-electron chi connectivity index (χ0n) is 25.5. The molecule has 0 bridgehead atoms. The summed E-state index contributed by atoms with van der Waals surface area (Å²) < 4.78 is 17.6. The summed E-state index contributed by atoms with van der Waals surface area (Å²) in [6.45, 7) is 4.64. The quantitative estimate of drug-likeness (QED) is 0.181. The zero-order valence-corrected chi connectivity index (χ0v) is 25.5. The fraction of sp³-hybridized carbons (Fsp3) is 0.515. The third-order valence-electron chi connectivity index (χ3n) is 9.53. The number of methoxy groups -OCH3 is 1. The van der Waals surface area contributed by atoms with Crippen LogP contribution in [0.1, 0.15) is 95.0 Å². The first-order chi connectivity index (χ1) is 21.4. The molecule has 2 aliphatic carbocycles. The van der Waals surface area contributed by atoms with E-state index in [0.29, 0.717) is 0 Å². The highest BCUT2D eigenvalue weighted by atomic mass is 16.7. The number of carbonyl (C=O) groups excluding carboxylic acids is 3. The van der Waals surface area contributed by atoms with E-state index in [2.05, 4.69) is 9.89 Å². The number of Topliss-reactive ketones (excluding diaryl/α,β-unsaturated/α-hetero) is 1. The van der Waals surface area contributed by atoms with Crippen molar-refractivity contribution < 1.29 is 49.0 Å². The molecule has 0 aromatic heterocycles. The van der Waals surface area contributed by atoms with Crippen molar-refractivity contribution in [3.05, 3.63) is 51.6 Å². The second-order valence-electron chi connectivity index (χ2n) is 12.4. The molecule has 45 heavy (non-hydrogen) atoms. The molecule has 12 nitrogen and oxygen atoms in total. The molecule has 2 heterocycles. The summed E-state index contributed by atoms with van der Waals surface area (Å²) in [5.41, 5.74) is -2.98. The van der Waals surface area contributed by atoms with Gasteiger partial charge in [0.25, 0.3) is 0 Å². The lowest BCUT2D eigenvalue weighted by Gasteiger charge is -2.42. The predicted molar refractivity (Wildman–Crippen MR) is 160 cm³/mol. The highest BCUT2D eigenvalue weighted by Crippen LogP contribution is 2.52. The highest BCUT2D eigenvalue weighted by Gasteiger charge is 2.49. The zero-order chi connectivity index (χ0) is 32.2. The van der Waals surface area contributed by atoms with Gasteiger partial charge in [-0.15, -0.1) is 0 Å². The maximum Gasteiger partial charge on any atom is 0.202 e. The summed E-state index contributed by atoms with van der Waals surface area (Å²) in [6, 6.07) is 3.90. The molecule has 2 aromatic rings. The summed E-state index contributed by atoms with van der Waals surface area (Å²) in [7, 11) is 1.35. The van der Waals surface area contributed by atoms with Crippen LogP contribution in [0.5, 0.6) is 17.2 Å². The number of ether oxygens (including phenoxy) is 3. The number of aliphatic hydroxyl groups is 2. The molecule has 2 aliphatic heterocycles. The molecule has 2 saturated heterocycles. The Morgan fingerprint density at radius 3 is 2.49 bits per heavy atom. The number of aromatic hydroxyl groups is 2. The average molecular weight is 623 g/mol. The van der Waals surface area contributed by atoms with Crippen molar-refractivity contribution in [3.63, 3.8) is 0 Å². The number of benzene rings is 2. The van der Waals surface area contributed by atoms with Crippen molar-refractivity contribution in [3.8, 4) is 17.2 Å². The van der Waals surface area contributed by atoms with E-state index >= 15 is 0 Å². The first-order valence-electron chi connectivity index (χ1n) is 15.3. The van der Waals surface area contributed by atoms with E-state index < -0.39 is 82.6 Å². The minimum atomic E-state index is -2.01. The SMILES string of the molecule is COc1cccc2c1C(=O)c1c(O)c3c(c(O)c1C2=O)CC(O)(C(C)=O)C[C@@H]3OC1CC(N=CN2CCCCC2)C(O)C(C)O1. The molecule has 5 unspecified atom stereocenters. The van der Waals surface area contributed by atoms with Crippen molar-refractivity contribution in [2.45, 2.75) is 88.6 Å². The second-order valence-corrected chi connectivity index (χ2v) is 12.4. The molecule has 0 radical (unpaired) electrons. The van der Waals surface area contributed by atoms with E-state index in [0.717, 1.165) is 32.4 Å². The van der Waals surface area contributed by atoms with Gasteiger partial charge in [-0.3, -0.25) is 19.4 Å². The Morgan fingerprint density at radius 1 is 1.09 bits per heavy atom. The van der Waals surface area contributed by atoms with Crippen molar-refractivity contribution in [2.75, 3.05) is 20.2 Å².